The Bertz CT molecular complexity index is 536. The van der Waals surface area contributed by atoms with E-state index in [1.165, 1.54) is 11.8 Å². The van der Waals surface area contributed by atoms with Gasteiger partial charge in [-0.25, -0.2) is 0 Å². The molecule has 0 aromatic heterocycles. The van der Waals surface area contributed by atoms with Gasteiger partial charge in [0.2, 0.25) is 11.8 Å². The molecule has 0 spiro atoms. The van der Waals surface area contributed by atoms with Crippen LogP contribution in [0.25, 0.3) is 0 Å². The van der Waals surface area contributed by atoms with Crippen LogP contribution < -0.4 is 10.2 Å². The fourth-order valence-electron chi connectivity index (χ4n) is 1.86. The van der Waals surface area contributed by atoms with Crippen LogP contribution in [0.1, 0.15) is 13.3 Å². The van der Waals surface area contributed by atoms with Gasteiger partial charge in [-0.15, -0.1) is 0 Å². The van der Waals surface area contributed by atoms with E-state index >= 15 is 0 Å². The number of rotatable bonds is 7. The maximum Gasteiger partial charge on any atom is 0.240 e. The van der Waals surface area contributed by atoms with E-state index in [0.29, 0.717) is 22.3 Å². The summed E-state index contributed by atoms with van der Waals surface area (Å²) in [5.41, 5.74) is 0.547. The molecule has 22 heavy (non-hydrogen) atoms. The molecule has 0 atom stereocenters. The molecule has 1 aromatic carbocycles. The summed E-state index contributed by atoms with van der Waals surface area (Å²) >= 11 is 11.8. The molecule has 2 amide bonds. The van der Waals surface area contributed by atoms with Crippen molar-refractivity contribution in [2.45, 2.75) is 13.3 Å². The zero-order valence-electron chi connectivity index (χ0n) is 13.0. The minimum atomic E-state index is -0.234. The molecule has 1 N–H and O–H groups in total. The van der Waals surface area contributed by atoms with Gasteiger partial charge < -0.3 is 15.1 Å². The van der Waals surface area contributed by atoms with Crippen LogP contribution in [-0.2, 0) is 9.59 Å². The summed E-state index contributed by atoms with van der Waals surface area (Å²) in [6.07, 6.45) is 0.853. The van der Waals surface area contributed by atoms with Crippen LogP contribution in [0.2, 0.25) is 10.0 Å². The van der Waals surface area contributed by atoms with Gasteiger partial charge in [0.15, 0.2) is 0 Å². The molecule has 0 fully saturated rings. The van der Waals surface area contributed by atoms with Crippen molar-refractivity contribution in [2.24, 2.45) is 0 Å². The van der Waals surface area contributed by atoms with E-state index in [1.54, 1.807) is 18.2 Å². The minimum absolute atomic E-state index is 0.0464. The monoisotopic (exact) mass is 345 g/mol. The van der Waals surface area contributed by atoms with Gasteiger partial charge in [0.1, 0.15) is 6.54 Å². The minimum Gasteiger partial charge on any atom is -0.355 e. The third-order valence-electron chi connectivity index (χ3n) is 3.00. The lowest BCUT2D eigenvalue weighted by Crippen LogP contribution is -2.40. The number of carbonyl (C=O) groups is 2. The molecule has 0 saturated carbocycles. The predicted octanol–water partition coefficient (Wildman–Crippen LogP) is 2.41. The topological polar surface area (TPSA) is 52.7 Å². The number of nitrogens with zero attached hydrogens (tertiary/aromatic N) is 2. The predicted molar refractivity (Wildman–Crippen MR) is 90.7 cm³/mol. The first kappa shape index (κ1) is 18.7. The smallest absolute Gasteiger partial charge is 0.240 e. The highest BCUT2D eigenvalue weighted by Gasteiger charge is 2.16. The summed E-state index contributed by atoms with van der Waals surface area (Å²) in [6, 6.07) is 4.84. The second-order valence-electron chi connectivity index (χ2n) is 5.21. The average Bonchev–Trinajstić information content (AvgIpc) is 2.43. The summed E-state index contributed by atoms with van der Waals surface area (Å²) < 4.78 is 0. The van der Waals surface area contributed by atoms with E-state index in [1.807, 2.05) is 19.0 Å². The van der Waals surface area contributed by atoms with Gasteiger partial charge in [-0.3, -0.25) is 9.59 Å². The van der Waals surface area contributed by atoms with Crippen LogP contribution in [0.15, 0.2) is 18.2 Å². The Morgan fingerprint density at radius 3 is 2.41 bits per heavy atom. The Labute approximate surface area is 141 Å². The number of halogens is 2. The van der Waals surface area contributed by atoms with Crippen molar-refractivity contribution >= 4 is 40.7 Å². The Kier molecular flexibility index (Phi) is 7.65. The molecule has 5 nitrogen and oxygen atoms in total. The van der Waals surface area contributed by atoms with Crippen LogP contribution >= 0.6 is 23.2 Å². The van der Waals surface area contributed by atoms with E-state index in [2.05, 4.69) is 5.32 Å². The molecule has 0 unspecified atom stereocenters. The molecule has 0 aliphatic heterocycles. The molecule has 0 bridgehead atoms. The van der Waals surface area contributed by atoms with Crippen LogP contribution in [-0.4, -0.2) is 50.4 Å². The maximum absolute atomic E-state index is 12.0. The van der Waals surface area contributed by atoms with Crippen LogP contribution in [0.5, 0.6) is 0 Å². The highest BCUT2D eigenvalue weighted by Crippen LogP contribution is 2.27. The lowest BCUT2D eigenvalue weighted by molar-refractivity contribution is -0.123. The number of benzene rings is 1. The standard InChI is InChI=1S/C15H21Cl2N3O2/c1-11(21)20(12-5-6-13(16)14(17)9-12)10-15(22)18-7-4-8-19(2)3/h5-6,9H,4,7-8,10H2,1-3H3,(H,18,22). The van der Waals surface area contributed by atoms with Crippen molar-refractivity contribution in [3.05, 3.63) is 28.2 Å². The molecular weight excluding hydrogens is 325 g/mol. The molecule has 0 aliphatic carbocycles. The van der Waals surface area contributed by atoms with Crippen LogP contribution in [0, 0.1) is 0 Å². The first-order valence-electron chi connectivity index (χ1n) is 6.96. The molecule has 0 aliphatic rings. The summed E-state index contributed by atoms with van der Waals surface area (Å²) in [5, 5.41) is 3.55. The molecule has 7 heteroatoms. The van der Waals surface area contributed by atoms with Crippen LogP contribution in [0.3, 0.4) is 0 Å². The largest absolute Gasteiger partial charge is 0.355 e. The Balaban J connectivity index is 2.62. The van der Waals surface area contributed by atoms with Gasteiger partial charge in [-0.1, -0.05) is 23.2 Å². The summed E-state index contributed by atoms with van der Waals surface area (Å²) in [7, 11) is 3.95. The van der Waals surface area contributed by atoms with Gasteiger partial charge in [0.25, 0.3) is 0 Å². The molecule has 0 radical (unpaired) electrons. The van der Waals surface area contributed by atoms with Crippen molar-refractivity contribution in [3.8, 4) is 0 Å². The first-order valence-corrected chi connectivity index (χ1v) is 7.71. The molecule has 1 rings (SSSR count). The fraction of sp³-hybridized carbons (Fsp3) is 0.467. The third-order valence-corrected chi connectivity index (χ3v) is 3.74. The van der Waals surface area contributed by atoms with Crippen molar-refractivity contribution in [3.63, 3.8) is 0 Å². The number of amides is 2. The fourth-order valence-corrected chi connectivity index (χ4v) is 2.15. The van der Waals surface area contributed by atoms with Crippen molar-refractivity contribution in [1.82, 2.24) is 10.2 Å². The van der Waals surface area contributed by atoms with Gasteiger partial charge >= 0.3 is 0 Å². The second-order valence-corrected chi connectivity index (χ2v) is 6.02. The van der Waals surface area contributed by atoms with E-state index in [9.17, 15) is 9.59 Å². The number of anilines is 1. The Morgan fingerprint density at radius 2 is 1.86 bits per heavy atom. The van der Waals surface area contributed by atoms with Gasteiger partial charge in [-0.2, -0.15) is 0 Å². The SMILES string of the molecule is CC(=O)N(CC(=O)NCCCN(C)C)c1ccc(Cl)c(Cl)c1. The summed E-state index contributed by atoms with van der Waals surface area (Å²) in [5.74, 6) is -0.443. The van der Waals surface area contributed by atoms with Crippen LogP contribution in [0.4, 0.5) is 5.69 Å². The van der Waals surface area contributed by atoms with Crippen molar-refractivity contribution < 1.29 is 9.59 Å². The Morgan fingerprint density at radius 1 is 1.18 bits per heavy atom. The van der Waals surface area contributed by atoms with Crippen molar-refractivity contribution in [2.75, 3.05) is 38.6 Å². The Hall–Kier alpha value is -1.30. The number of hydrogen-bond acceptors (Lipinski definition) is 3. The summed E-state index contributed by atoms with van der Waals surface area (Å²) in [4.78, 5) is 27.1. The zero-order chi connectivity index (χ0) is 16.7. The highest BCUT2D eigenvalue weighted by atomic mass is 35.5. The molecule has 1 aromatic rings. The van der Waals surface area contributed by atoms with E-state index < -0.39 is 0 Å². The van der Waals surface area contributed by atoms with E-state index in [4.69, 9.17) is 23.2 Å². The molecular formula is C15H21Cl2N3O2. The highest BCUT2D eigenvalue weighted by molar-refractivity contribution is 6.42. The zero-order valence-corrected chi connectivity index (χ0v) is 14.5. The average molecular weight is 346 g/mol. The second kappa shape index (κ2) is 8.98. The summed E-state index contributed by atoms with van der Waals surface area (Å²) in [6.45, 7) is 2.82. The van der Waals surface area contributed by atoms with E-state index in [0.717, 1.165) is 13.0 Å². The number of carbonyl (C=O) groups excluding carboxylic acids is 2. The lowest BCUT2D eigenvalue weighted by Gasteiger charge is -2.21. The van der Waals surface area contributed by atoms with Gasteiger partial charge in [-0.05, 0) is 45.3 Å². The molecule has 0 heterocycles. The first-order chi connectivity index (χ1) is 10.3. The van der Waals surface area contributed by atoms with E-state index in [-0.39, 0.29) is 18.4 Å². The maximum atomic E-state index is 12.0. The van der Waals surface area contributed by atoms with Crippen molar-refractivity contribution in [1.29, 1.82) is 0 Å². The lowest BCUT2D eigenvalue weighted by atomic mass is 10.2. The number of hydrogen-bond donors (Lipinski definition) is 1. The van der Waals surface area contributed by atoms with Gasteiger partial charge in [0.05, 0.1) is 10.0 Å². The van der Waals surface area contributed by atoms with Gasteiger partial charge in [0, 0.05) is 19.2 Å². The third kappa shape index (κ3) is 6.22. The normalized spacial score (nSPS) is 10.6. The molecule has 122 valence electrons. The number of nitrogens with one attached hydrogen (secondary N) is 1. The molecule has 0 saturated heterocycles. The quantitative estimate of drug-likeness (QED) is 0.772.